The highest BCUT2D eigenvalue weighted by Crippen LogP contribution is 2.64. The lowest BCUT2D eigenvalue weighted by Crippen LogP contribution is -2.25. The molecule has 14 rings (SSSR count). The van der Waals surface area contributed by atoms with E-state index in [0.29, 0.717) is 17.5 Å². The molecule has 9 aromatic carbocycles. The number of furan rings is 1. The molecule has 0 saturated carbocycles. The van der Waals surface area contributed by atoms with Crippen molar-refractivity contribution in [2.45, 2.75) is 5.41 Å². The second-order valence-electron chi connectivity index (χ2n) is 16.6. The van der Waals surface area contributed by atoms with Crippen LogP contribution in [0, 0.1) is 0 Å². The first kappa shape index (κ1) is 34.3. The number of fused-ring (bicyclic) bond motifs is 17. The van der Waals surface area contributed by atoms with Crippen molar-refractivity contribution in [2.75, 3.05) is 0 Å². The molecule has 3 heterocycles. The highest BCUT2D eigenvalue weighted by atomic mass is 16.3. The lowest BCUT2D eigenvalue weighted by Gasteiger charge is -2.30. The summed E-state index contributed by atoms with van der Waals surface area (Å²) in [4.78, 5) is 15.8. The molecular weight excluding hydrogens is 769 g/mol. The Bertz CT molecular complexity index is 3830. The molecule has 292 valence electrons. The highest BCUT2D eigenvalue weighted by molar-refractivity contribution is 6.17. The van der Waals surface area contributed by atoms with Crippen molar-refractivity contribution in [1.82, 2.24) is 19.5 Å². The minimum atomic E-state index is -0.469. The smallest absolute Gasteiger partial charge is 0.166 e. The first-order valence-corrected chi connectivity index (χ1v) is 21.4. The predicted molar refractivity (Wildman–Crippen MR) is 254 cm³/mol. The summed E-state index contributed by atoms with van der Waals surface area (Å²) in [5, 5.41) is 4.48. The van der Waals surface area contributed by atoms with Gasteiger partial charge in [-0.3, -0.25) is 0 Å². The Kier molecular flexibility index (Phi) is 6.97. The fourth-order valence-corrected chi connectivity index (χ4v) is 10.9. The number of aromatic nitrogens is 4. The van der Waals surface area contributed by atoms with Crippen LogP contribution in [-0.4, -0.2) is 19.5 Å². The molecule has 0 aliphatic heterocycles. The van der Waals surface area contributed by atoms with E-state index in [4.69, 9.17) is 19.4 Å². The van der Waals surface area contributed by atoms with E-state index in [0.717, 1.165) is 49.8 Å². The maximum absolute atomic E-state index is 6.22. The monoisotopic (exact) mass is 802 g/mol. The summed E-state index contributed by atoms with van der Waals surface area (Å²) < 4.78 is 8.69. The average molecular weight is 803 g/mol. The van der Waals surface area contributed by atoms with Crippen LogP contribution >= 0.6 is 0 Å². The third kappa shape index (κ3) is 4.63. The Morgan fingerprint density at radius 2 is 0.937 bits per heavy atom. The molecule has 63 heavy (non-hydrogen) atoms. The summed E-state index contributed by atoms with van der Waals surface area (Å²) in [5.41, 5.74) is 17.6. The molecule has 2 aliphatic carbocycles. The third-order valence-corrected chi connectivity index (χ3v) is 13.5. The van der Waals surface area contributed by atoms with Crippen molar-refractivity contribution in [3.8, 4) is 62.1 Å². The number of benzene rings is 9. The van der Waals surface area contributed by atoms with Crippen LogP contribution in [-0.2, 0) is 5.41 Å². The quantitative estimate of drug-likeness (QED) is 0.178. The summed E-state index contributed by atoms with van der Waals surface area (Å²) in [6.07, 6.45) is 0. The van der Waals surface area contributed by atoms with Crippen LogP contribution in [0.2, 0.25) is 0 Å². The summed E-state index contributed by atoms with van der Waals surface area (Å²) in [6.45, 7) is 0. The van der Waals surface area contributed by atoms with Gasteiger partial charge in [0, 0.05) is 43.8 Å². The van der Waals surface area contributed by atoms with E-state index in [-0.39, 0.29) is 0 Å². The lowest BCUT2D eigenvalue weighted by molar-refractivity contribution is 0.669. The molecule has 0 bridgehead atoms. The number of nitrogens with zero attached hydrogens (tertiary/aromatic N) is 4. The molecule has 3 aromatic heterocycles. The zero-order valence-corrected chi connectivity index (χ0v) is 33.8. The zero-order chi connectivity index (χ0) is 41.2. The normalized spacial score (nSPS) is 13.2. The first-order chi connectivity index (χ1) is 31.3. The Morgan fingerprint density at radius 1 is 0.365 bits per heavy atom. The molecule has 0 amide bonds. The van der Waals surface area contributed by atoms with Gasteiger partial charge in [-0.2, -0.15) is 0 Å². The van der Waals surface area contributed by atoms with Gasteiger partial charge in [0.15, 0.2) is 17.5 Å². The van der Waals surface area contributed by atoms with Crippen LogP contribution in [0.5, 0.6) is 0 Å². The van der Waals surface area contributed by atoms with Crippen molar-refractivity contribution in [2.24, 2.45) is 0 Å². The lowest BCUT2D eigenvalue weighted by atomic mass is 9.70. The minimum Gasteiger partial charge on any atom is -0.456 e. The molecule has 0 saturated heterocycles. The van der Waals surface area contributed by atoms with Crippen molar-refractivity contribution in [3.05, 3.63) is 229 Å². The fourth-order valence-electron chi connectivity index (χ4n) is 10.9. The molecular formula is C58H34N4O. The first-order valence-electron chi connectivity index (χ1n) is 21.4. The van der Waals surface area contributed by atoms with Gasteiger partial charge < -0.3 is 8.98 Å². The molecule has 1 spiro atoms. The van der Waals surface area contributed by atoms with Gasteiger partial charge in [0.2, 0.25) is 0 Å². The zero-order valence-electron chi connectivity index (χ0n) is 33.8. The SMILES string of the molecule is c1ccc(-c2nc(-c3ccc4oc5ccccc5c4c3)nc(-c3ccccc3-n3c4ccccc4c4ccc5c(c43)-c3ccccc3C53c4ccccc4-c4ccccc43)n2)cc1. The van der Waals surface area contributed by atoms with E-state index in [1.54, 1.807) is 0 Å². The summed E-state index contributed by atoms with van der Waals surface area (Å²) in [6, 6.07) is 73.7. The number of hydrogen-bond acceptors (Lipinski definition) is 4. The Labute approximate surface area is 362 Å². The van der Waals surface area contributed by atoms with Gasteiger partial charge in [-0.05, 0) is 81.4 Å². The Balaban J connectivity index is 1.06. The average Bonchev–Trinajstić information content (AvgIpc) is 4.08. The molecule has 5 nitrogen and oxygen atoms in total. The van der Waals surface area contributed by atoms with Crippen LogP contribution in [0.25, 0.3) is 106 Å². The molecule has 0 unspecified atom stereocenters. The fraction of sp³-hybridized carbons (Fsp3) is 0.0172. The standard InChI is InChI=1S/C58H34N4O/c1-2-16-35(17-3-1)55-59-56(36-30-33-52-44(34-36)40-21-9-15-29-51(40)63-52)61-57(60-55)43-23-8-14-28-50(43)62-49-27-13-7-20-39(49)41-31-32-48-53(54(41)62)42-22-6-12-26-47(42)58(48)45-24-10-4-18-37(45)38-19-5-11-25-46(38)58/h1-34H. The second-order valence-corrected chi connectivity index (χ2v) is 16.6. The van der Waals surface area contributed by atoms with E-state index < -0.39 is 5.41 Å². The second kappa shape index (κ2) is 12.8. The van der Waals surface area contributed by atoms with Crippen molar-refractivity contribution < 1.29 is 4.42 Å². The van der Waals surface area contributed by atoms with Crippen LogP contribution in [0.4, 0.5) is 0 Å². The third-order valence-electron chi connectivity index (χ3n) is 13.5. The van der Waals surface area contributed by atoms with Crippen LogP contribution in [0.3, 0.4) is 0 Å². The van der Waals surface area contributed by atoms with Crippen molar-refractivity contribution >= 4 is 43.7 Å². The van der Waals surface area contributed by atoms with E-state index in [1.807, 2.05) is 48.5 Å². The van der Waals surface area contributed by atoms with Gasteiger partial charge in [0.05, 0.1) is 22.1 Å². The van der Waals surface area contributed by atoms with Gasteiger partial charge in [-0.1, -0.05) is 164 Å². The summed E-state index contributed by atoms with van der Waals surface area (Å²) >= 11 is 0. The van der Waals surface area contributed by atoms with Gasteiger partial charge in [0.25, 0.3) is 0 Å². The number of hydrogen-bond donors (Lipinski definition) is 0. The Morgan fingerprint density at radius 3 is 1.71 bits per heavy atom. The molecule has 2 aliphatic rings. The van der Waals surface area contributed by atoms with Crippen LogP contribution in [0.1, 0.15) is 22.3 Å². The summed E-state index contributed by atoms with van der Waals surface area (Å²) in [5.74, 6) is 1.80. The van der Waals surface area contributed by atoms with Gasteiger partial charge in [0.1, 0.15) is 11.2 Å². The van der Waals surface area contributed by atoms with Crippen LogP contribution in [0.15, 0.2) is 211 Å². The van der Waals surface area contributed by atoms with Gasteiger partial charge >= 0.3 is 0 Å². The van der Waals surface area contributed by atoms with Crippen LogP contribution < -0.4 is 0 Å². The largest absolute Gasteiger partial charge is 0.456 e. The molecule has 0 atom stereocenters. The van der Waals surface area contributed by atoms with E-state index >= 15 is 0 Å². The van der Waals surface area contributed by atoms with E-state index in [9.17, 15) is 0 Å². The molecule has 0 N–H and O–H groups in total. The topological polar surface area (TPSA) is 56.7 Å². The van der Waals surface area contributed by atoms with Crippen molar-refractivity contribution in [1.29, 1.82) is 0 Å². The van der Waals surface area contributed by atoms with E-state index in [1.165, 1.54) is 60.8 Å². The maximum atomic E-state index is 6.22. The molecule has 0 fully saturated rings. The maximum Gasteiger partial charge on any atom is 0.166 e. The van der Waals surface area contributed by atoms with Gasteiger partial charge in [-0.15, -0.1) is 0 Å². The Hall–Kier alpha value is -8.41. The number of para-hydroxylation sites is 3. The number of rotatable bonds is 4. The highest BCUT2D eigenvalue weighted by Gasteiger charge is 2.52. The van der Waals surface area contributed by atoms with Crippen molar-refractivity contribution in [3.63, 3.8) is 0 Å². The molecule has 5 heteroatoms. The molecule has 0 radical (unpaired) electrons. The van der Waals surface area contributed by atoms with Gasteiger partial charge in [-0.25, -0.2) is 15.0 Å². The molecule has 12 aromatic rings. The summed E-state index contributed by atoms with van der Waals surface area (Å²) in [7, 11) is 0. The minimum absolute atomic E-state index is 0.469. The predicted octanol–water partition coefficient (Wildman–Crippen LogP) is 14.2. The van der Waals surface area contributed by atoms with E-state index in [2.05, 4.69) is 162 Å².